The highest BCUT2D eigenvalue weighted by Gasteiger charge is 2.30. The van der Waals surface area contributed by atoms with Crippen molar-refractivity contribution in [2.75, 3.05) is 18.4 Å². The number of nitrogens with one attached hydrogen (secondary N) is 1. The number of hydrogen-bond acceptors (Lipinski definition) is 5. The lowest BCUT2D eigenvalue weighted by molar-refractivity contribution is -0.121. The largest absolute Gasteiger partial charge is 0.355 e. The Morgan fingerprint density at radius 1 is 1.20 bits per heavy atom. The Morgan fingerprint density at radius 2 is 2.03 bits per heavy atom. The average Bonchev–Trinajstić information content (AvgIpc) is 3.23. The fraction of sp³-hybridized carbons (Fsp3) is 0.273. The third-order valence-electron chi connectivity index (χ3n) is 5.09. The Hall–Kier alpha value is -3.55. The van der Waals surface area contributed by atoms with Gasteiger partial charge in [-0.15, -0.1) is 0 Å². The van der Waals surface area contributed by atoms with Crippen LogP contribution in [0.4, 0.5) is 10.2 Å². The molecule has 0 saturated carbocycles. The lowest BCUT2D eigenvalue weighted by Crippen LogP contribution is -2.44. The topological polar surface area (TPSA) is 88.3 Å². The molecule has 7 nitrogen and oxygen atoms in total. The minimum absolute atomic E-state index is 0.0923. The molecule has 0 radical (unpaired) electrons. The highest BCUT2D eigenvalue weighted by molar-refractivity contribution is 5.95. The summed E-state index contributed by atoms with van der Waals surface area (Å²) in [7, 11) is 0. The summed E-state index contributed by atoms with van der Waals surface area (Å²) in [6.45, 7) is 2.65. The predicted octanol–water partition coefficient (Wildman–Crippen LogP) is 3.68. The van der Waals surface area contributed by atoms with Crippen molar-refractivity contribution in [3.05, 3.63) is 65.7 Å². The summed E-state index contributed by atoms with van der Waals surface area (Å²) >= 11 is 0. The van der Waals surface area contributed by atoms with Crippen LogP contribution in [-0.4, -0.2) is 39.9 Å². The number of pyridine rings is 1. The number of likely N-dealkylation sites (tertiary alicyclic amines) is 1. The molecule has 1 aliphatic heterocycles. The standard InChI is InChI=1S/C22H21FN4O3/c1-14-6-4-10-20(24-14)25-21(28)15-7-5-11-27(13-15)22(29)18-12-19(30-26-18)16-8-2-3-9-17(16)23/h2-4,6,8-10,12,15H,5,7,11,13H2,1H3,(H,24,25,28). The van der Waals surface area contributed by atoms with Crippen LogP contribution in [0.5, 0.6) is 0 Å². The summed E-state index contributed by atoms with van der Waals surface area (Å²) in [6.07, 6.45) is 1.38. The second kappa shape index (κ2) is 8.44. The second-order valence-corrected chi connectivity index (χ2v) is 7.30. The fourth-order valence-electron chi connectivity index (χ4n) is 3.54. The normalized spacial score (nSPS) is 16.3. The SMILES string of the molecule is Cc1cccc(NC(=O)C2CCCN(C(=O)c3cc(-c4ccccc4F)on3)C2)n1. The third-order valence-corrected chi connectivity index (χ3v) is 5.09. The number of hydrogen-bond donors (Lipinski definition) is 1. The minimum atomic E-state index is -0.452. The molecule has 1 fully saturated rings. The van der Waals surface area contributed by atoms with Gasteiger partial charge in [0.2, 0.25) is 5.91 Å². The molecule has 1 atom stereocenters. The molecule has 1 N–H and O–H groups in total. The first-order valence-corrected chi connectivity index (χ1v) is 9.76. The molecule has 2 aromatic heterocycles. The quantitative estimate of drug-likeness (QED) is 0.712. The number of aromatic nitrogens is 2. The number of nitrogens with zero attached hydrogens (tertiary/aromatic N) is 3. The molecule has 8 heteroatoms. The predicted molar refractivity (Wildman–Crippen MR) is 108 cm³/mol. The Balaban J connectivity index is 1.44. The molecule has 0 spiro atoms. The van der Waals surface area contributed by atoms with E-state index in [1.54, 1.807) is 29.2 Å². The van der Waals surface area contributed by atoms with E-state index in [4.69, 9.17) is 4.52 Å². The summed E-state index contributed by atoms with van der Waals surface area (Å²) in [6, 6.07) is 13.0. The van der Waals surface area contributed by atoms with Gasteiger partial charge in [0.25, 0.3) is 5.91 Å². The molecule has 0 aliphatic carbocycles. The van der Waals surface area contributed by atoms with Crippen molar-refractivity contribution in [2.45, 2.75) is 19.8 Å². The number of aryl methyl sites for hydroxylation is 1. The van der Waals surface area contributed by atoms with Crippen molar-refractivity contribution in [3.8, 4) is 11.3 Å². The van der Waals surface area contributed by atoms with E-state index in [1.807, 2.05) is 19.1 Å². The lowest BCUT2D eigenvalue weighted by atomic mass is 9.97. The zero-order chi connectivity index (χ0) is 21.1. The number of piperidine rings is 1. The van der Waals surface area contributed by atoms with Gasteiger partial charge in [0.15, 0.2) is 11.5 Å². The van der Waals surface area contributed by atoms with Crippen LogP contribution in [0, 0.1) is 18.7 Å². The summed E-state index contributed by atoms with van der Waals surface area (Å²) < 4.78 is 19.1. The summed E-state index contributed by atoms with van der Waals surface area (Å²) in [5.74, 6) is -0.622. The second-order valence-electron chi connectivity index (χ2n) is 7.30. The molecule has 4 rings (SSSR count). The van der Waals surface area contributed by atoms with Gasteiger partial charge in [-0.2, -0.15) is 0 Å². The van der Waals surface area contributed by atoms with Gasteiger partial charge in [0, 0.05) is 24.8 Å². The number of halogens is 1. The van der Waals surface area contributed by atoms with Gasteiger partial charge < -0.3 is 14.7 Å². The first kappa shape index (κ1) is 19.8. The van der Waals surface area contributed by atoms with E-state index in [9.17, 15) is 14.0 Å². The molecule has 2 amide bonds. The van der Waals surface area contributed by atoms with E-state index in [-0.39, 0.29) is 41.3 Å². The van der Waals surface area contributed by atoms with Gasteiger partial charge >= 0.3 is 0 Å². The zero-order valence-electron chi connectivity index (χ0n) is 16.5. The maximum atomic E-state index is 14.0. The fourth-order valence-corrected chi connectivity index (χ4v) is 3.54. The van der Waals surface area contributed by atoms with Crippen LogP contribution in [-0.2, 0) is 4.79 Å². The lowest BCUT2D eigenvalue weighted by Gasteiger charge is -2.31. The van der Waals surface area contributed by atoms with E-state index < -0.39 is 5.82 Å². The number of amides is 2. The Bertz CT molecular complexity index is 1080. The van der Waals surface area contributed by atoms with Gasteiger partial charge in [-0.25, -0.2) is 9.37 Å². The molecule has 1 saturated heterocycles. The number of carbonyl (C=O) groups excluding carboxylic acids is 2. The molecule has 3 aromatic rings. The Labute approximate surface area is 172 Å². The molecule has 1 aromatic carbocycles. The van der Waals surface area contributed by atoms with Crippen LogP contribution in [0.3, 0.4) is 0 Å². The molecule has 1 aliphatic rings. The summed E-state index contributed by atoms with van der Waals surface area (Å²) in [4.78, 5) is 31.4. The first-order valence-electron chi connectivity index (χ1n) is 9.76. The van der Waals surface area contributed by atoms with Gasteiger partial charge in [-0.3, -0.25) is 9.59 Å². The van der Waals surface area contributed by atoms with Crippen molar-refractivity contribution in [2.24, 2.45) is 5.92 Å². The number of benzene rings is 1. The van der Waals surface area contributed by atoms with E-state index in [0.29, 0.717) is 25.2 Å². The van der Waals surface area contributed by atoms with Crippen molar-refractivity contribution >= 4 is 17.6 Å². The molecule has 1 unspecified atom stereocenters. The van der Waals surface area contributed by atoms with Crippen LogP contribution in [0.15, 0.2) is 53.1 Å². The summed E-state index contributed by atoms with van der Waals surface area (Å²) in [5, 5.41) is 6.63. The van der Waals surface area contributed by atoms with E-state index >= 15 is 0 Å². The summed E-state index contributed by atoms with van der Waals surface area (Å²) in [5.41, 5.74) is 1.14. The van der Waals surface area contributed by atoms with Crippen LogP contribution in [0.25, 0.3) is 11.3 Å². The monoisotopic (exact) mass is 408 g/mol. The van der Waals surface area contributed by atoms with E-state index in [0.717, 1.165) is 5.69 Å². The van der Waals surface area contributed by atoms with Crippen molar-refractivity contribution in [1.82, 2.24) is 15.0 Å². The maximum absolute atomic E-state index is 14.0. The van der Waals surface area contributed by atoms with Crippen molar-refractivity contribution in [1.29, 1.82) is 0 Å². The van der Waals surface area contributed by atoms with E-state index in [1.165, 1.54) is 12.1 Å². The van der Waals surface area contributed by atoms with Crippen molar-refractivity contribution in [3.63, 3.8) is 0 Å². The van der Waals surface area contributed by atoms with Crippen molar-refractivity contribution < 1.29 is 18.5 Å². The molecule has 3 heterocycles. The Morgan fingerprint density at radius 3 is 2.83 bits per heavy atom. The van der Waals surface area contributed by atoms with Crippen LogP contribution < -0.4 is 5.32 Å². The number of anilines is 1. The molecule has 30 heavy (non-hydrogen) atoms. The van der Waals surface area contributed by atoms with E-state index in [2.05, 4.69) is 15.5 Å². The third kappa shape index (κ3) is 4.22. The first-order chi connectivity index (χ1) is 14.5. The zero-order valence-corrected chi connectivity index (χ0v) is 16.5. The number of rotatable bonds is 4. The minimum Gasteiger partial charge on any atom is -0.355 e. The molecular weight excluding hydrogens is 387 g/mol. The molecule has 154 valence electrons. The highest BCUT2D eigenvalue weighted by Crippen LogP contribution is 2.25. The molecule has 0 bridgehead atoms. The van der Waals surface area contributed by atoms with Crippen LogP contribution in [0.2, 0.25) is 0 Å². The van der Waals surface area contributed by atoms with Crippen LogP contribution in [0.1, 0.15) is 29.0 Å². The van der Waals surface area contributed by atoms with Gasteiger partial charge in [0.1, 0.15) is 11.6 Å². The maximum Gasteiger partial charge on any atom is 0.276 e. The average molecular weight is 408 g/mol. The Kier molecular flexibility index (Phi) is 5.56. The molecular formula is C22H21FN4O3. The van der Waals surface area contributed by atoms with Crippen LogP contribution >= 0.6 is 0 Å². The highest BCUT2D eigenvalue weighted by atomic mass is 19.1. The smallest absolute Gasteiger partial charge is 0.276 e. The van der Waals surface area contributed by atoms with Gasteiger partial charge in [0.05, 0.1) is 11.5 Å². The number of carbonyl (C=O) groups is 2. The van der Waals surface area contributed by atoms with Gasteiger partial charge in [-0.05, 0) is 44.0 Å². The van der Waals surface area contributed by atoms with Gasteiger partial charge in [-0.1, -0.05) is 23.4 Å².